The molecular weight excluding hydrogens is 810 g/mol. The maximum atomic E-state index is 13.5. The minimum Gasteiger partial charge on any atom is -0.461 e. The Labute approximate surface area is 363 Å². The predicted octanol–water partition coefficient (Wildman–Crippen LogP) is 0.922. The van der Waals surface area contributed by atoms with E-state index in [1.54, 1.807) is 38.1 Å². The van der Waals surface area contributed by atoms with Crippen LogP contribution in [0.2, 0.25) is 0 Å². The van der Waals surface area contributed by atoms with Gasteiger partial charge in [0.15, 0.2) is 0 Å². The zero-order valence-electron chi connectivity index (χ0n) is 36.5. The number of rotatable bonds is 32. The number of amides is 8. The molecule has 8 amide bonds. The van der Waals surface area contributed by atoms with Gasteiger partial charge < -0.3 is 56.0 Å². The summed E-state index contributed by atoms with van der Waals surface area (Å²) in [7, 11) is 0. The van der Waals surface area contributed by atoms with Crippen molar-refractivity contribution in [3.8, 4) is 0 Å². The normalized spacial score (nSPS) is 13.8. The second-order valence-electron chi connectivity index (χ2n) is 15.1. The number of ether oxygens (including phenoxy) is 5. The Morgan fingerprint density at radius 3 is 1.81 bits per heavy atom. The molecule has 0 fully saturated rings. The van der Waals surface area contributed by atoms with Gasteiger partial charge >= 0.3 is 12.0 Å². The Bertz CT molecular complexity index is 1620. The van der Waals surface area contributed by atoms with Crippen molar-refractivity contribution < 1.29 is 62.0 Å². The smallest absolute Gasteiger partial charge is 0.312 e. The number of anilines is 1. The van der Waals surface area contributed by atoms with Gasteiger partial charge in [-0.15, -0.1) is 0 Å². The first kappa shape index (κ1) is 52.7. The first-order chi connectivity index (χ1) is 29.6. The summed E-state index contributed by atoms with van der Waals surface area (Å²) < 4.78 is 27.2. The molecule has 1 aromatic carbocycles. The molecule has 0 bridgehead atoms. The third-order valence-corrected chi connectivity index (χ3v) is 9.46. The molecule has 1 aliphatic heterocycles. The number of nitrogens with one attached hydrogen (secondary N) is 5. The number of benzene rings is 1. The van der Waals surface area contributed by atoms with Crippen LogP contribution in [0.5, 0.6) is 0 Å². The van der Waals surface area contributed by atoms with Crippen molar-refractivity contribution in [3.63, 3.8) is 0 Å². The lowest BCUT2D eigenvalue weighted by molar-refractivity contribution is -0.150. The molecular formula is C42H65N7O13. The molecule has 0 saturated carbocycles. The van der Waals surface area contributed by atoms with Crippen LogP contribution >= 0.6 is 0 Å². The summed E-state index contributed by atoms with van der Waals surface area (Å²) in [5, 5.41) is 13.4. The lowest BCUT2D eigenvalue weighted by Gasteiger charge is -2.25. The van der Waals surface area contributed by atoms with E-state index < -0.39 is 47.7 Å². The van der Waals surface area contributed by atoms with E-state index in [0.717, 1.165) is 10.5 Å². The Balaban J connectivity index is 1.64. The van der Waals surface area contributed by atoms with Crippen molar-refractivity contribution in [1.29, 1.82) is 0 Å². The third kappa shape index (κ3) is 21.9. The average molecular weight is 876 g/mol. The summed E-state index contributed by atoms with van der Waals surface area (Å²) in [6.07, 6.45) is 2.82. The van der Waals surface area contributed by atoms with Crippen LogP contribution in [0.25, 0.3) is 0 Å². The highest BCUT2D eigenvalue weighted by molar-refractivity contribution is 6.13. The van der Waals surface area contributed by atoms with Crippen LogP contribution in [0, 0.1) is 17.8 Å². The summed E-state index contributed by atoms with van der Waals surface area (Å²) in [4.78, 5) is 98.9. The zero-order valence-corrected chi connectivity index (χ0v) is 36.5. The number of carbonyl (C=O) groups is 8. The number of nitrogens with zero attached hydrogens (tertiary/aromatic N) is 1. The molecule has 346 valence electrons. The fourth-order valence-corrected chi connectivity index (χ4v) is 5.44. The van der Waals surface area contributed by atoms with Gasteiger partial charge in [-0.3, -0.25) is 38.5 Å². The van der Waals surface area contributed by atoms with E-state index in [-0.39, 0.29) is 102 Å². The van der Waals surface area contributed by atoms with Crippen LogP contribution in [-0.4, -0.2) is 137 Å². The number of hydrogen-bond acceptors (Lipinski definition) is 13. The molecule has 0 spiro atoms. The Morgan fingerprint density at radius 1 is 0.661 bits per heavy atom. The van der Waals surface area contributed by atoms with E-state index in [1.165, 1.54) is 12.2 Å². The monoisotopic (exact) mass is 875 g/mol. The number of carbonyl (C=O) groups excluding carboxylic acids is 8. The van der Waals surface area contributed by atoms with Crippen molar-refractivity contribution in [1.82, 2.24) is 26.2 Å². The molecule has 7 N–H and O–H groups in total. The van der Waals surface area contributed by atoms with Gasteiger partial charge in [0.25, 0.3) is 11.8 Å². The standard InChI is InChI=1S/C42H65N7O13/c1-28(2)30(5)41(56)62-27-31-8-10-32(11-9-31)46-39(54)33(7-6-16-45-42(43)57)47-40(55)38(29(3)4)48-35(51)15-19-58-21-23-60-25-26-61-24-22-59-20-17-44-34(50)14-18-49-36(52)12-13-37(49)53/h8-13,28-30,33,38H,6-7,14-27H2,1-5H3,(H,44,50)(H,46,54)(H,47,55)(H,48,51)(H3,43,45,57)/t30?,33-,38?/m0/s1. The van der Waals surface area contributed by atoms with E-state index in [2.05, 4.69) is 26.6 Å². The Hall–Kier alpha value is -5.44. The molecule has 0 saturated heterocycles. The molecule has 2 rings (SSSR count). The lowest BCUT2D eigenvalue weighted by atomic mass is 9.99. The number of primary amides is 1. The van der Waals surface area contributed by atoms with Crippen LogP contribution in [-0.2, 0) is 63.9 Å². The zero-order chi connectivity index (χ0) is 45.9. The second kappa shape index (κ2) is 29.8. The SMILES string of the molecule is CC(C)C(C)C(=O)OCc1ccc(NC(=O)[C@H](CCCNC(N)=O)NC(=O)C(NC(=O)CCOCCOCCOCCOCCNC(=O)CCN2C(=O)C=CC2=O)C(C)C)cc1. The van der Waals surface area contributed by atoms with Gasteiger partial charge in [0.1, 0.15) is 18.7 Å². The van der Waals surface area contributed by atoms with Crippen molar-refractivity contribution in [3.05, 3.63) is 42.0 Å². The van der Waals surface area contributed by atoms with E-state index in [9.17, 15) is 38.4 Å². The molecule has 62 heavy (non-hydrogen) atoms. The van der Waals surface area contributed by atoms with Crippen LogP contribution in [0.3, 0.4) is 0 Å². The molecule has 20 nitrogen and oxygen atoms in total. The Morgan fingerprint density at radius 2 is 1.24 bits per heavy atom. The number of urea groups is 1. The van der Waals surface area contributed by atoms with Gasteiger partial charge in [0, 0.05) is 50.3 Å². The minimum atomic E-state index is -1.01. The van der Waals surface area contributed by atoms with Gasteiger partial charge in [-0.25, -0.2) is 4.79 Å². The second-order valence-corrected chi connectivity index (χ2v) is 15.1. The topological polar surface area (TPSA) is 272 Å². The first-order valence-corrected chi connectivity index (χ1v) is 20.9. The summed E-state index contributed by atoms with van der Waals surface area (Å²) in [5.74, 6) is -3.34. The summed E-state index contributed by atoms with van der Waals surface area (Å²) in [5.41, 5.74) is 6.35. The van der Waals surface area contributed by atoms with Gasteiger partial charge in [0.05, 0.1) is 58.8 Å². The highest BCUT2D eigenvalue weighted by Crippen LogP contribution is 2.16. The molecule has 0 radical (unpaired) electrons. The van der Waals surface area contributed by atoms with Gasteiger partial charge in [0.2, 0.25) is 23.6 Å². The quantitative estimate of drug-likeness (QED) is 0.0335. The fraction of sp³-hybridized carbons (Fsp3) is 0.619. The number of hydrogen-bond donors (Lipinski definition) is 6. The van der Waals surface area contributed by atoms with Crippen LogP contribution in [0.1, 0.15) is 65.9 Å². The van der Waals surface area contributed by atoms with E-state index in [1.807, 2.05) is 20.8 Å². The molecule has 1 aliphatic rings. The van der Waals surface area contributed by atoms with Gasteiger partial charge in [-0.05, 0) is 42.4 Å². The Kier molecular flexibility index (Phi) is 25.3. The van der Waals surface area contributed by atoms with Gasteiger partial charge in [-0.1, -0.05) is 46.8 Å². The minimum absolute atomic E-state index is 0.0103. The van der Waals surface area contributed by atoms with Crippen LogP contribution in [0.4, 0.5) is 10.5 Å². The maximum Gasteiger partial charge on any atom is 0.312 e. The summed E-state index contributed by atoms with van der Waals surface area (Å²) >= 11 is 0. The molecule has 0 aromatic heterocycles. The highest BCUT2D eigenvalue weighted by Gasteiger charge is 2.29. The first-order valence-electron chi connectivity index (χ1n) is 20.9. The van der Waals surface area contributed by atoms with E-state index in [0.29, 0.717) is 38.5 Å². The van der Waals surface area contributed by atoms with Crippen LogP contribution < -0.4 is 32.3 Å². The molecule has 0 aliphatic carbocycles. The van der Waals surface area contributed by atoms with E-state index >= 15 is 0 Å². The largest absolute Gasteiger partial charge is 0.461 e. The summed E-state index contributed by atoms with van der Waals surface area (Å²) in [6, 6.07) is 4.07. The molecule has 20 heteroatoms. The fourth-order valence-electron chi connectivity index (χ4n) is 5.44. The molecule has 2 unspecified atom stereocenters. The lowest BCUT2D eigenvalue weighted by Crippen LogP contribution is -2.54. The van der Waals surface area contributed by atoms with Crippen molar-refractivity contribution in [2.75, 3.05) is 77.8 Å². The highest BCUT2D eigenvalue weighted by atomic mass is 16.6. The predicted molar refractivity (Wildman–Crippen MR) is 226 cm³/mol. The number of esters is 1. The van der Waals surface area contributed by atoms with Crippen LogP contribution in [0.15, 0.2) is 36.4 Å². The number of imide groups is 1. The van der Waals surface area contributed by atoms with Crippen molar-refractivity contribution in [2.24, 2.45) is 23.5 Å². The van der Waals surface area contributed by atoms with Crippen molar-refractivity contribution >= 4 is 53.1 Å². The summed E-state index contributed by atoms with van der Waals surface area (Å²) in [6.45, 7) is 11.9. The van der Waals surface area contributed by atoms with Gasteiger partial charge in [-0.2, -0.15) is 0 Å². The third-order valence-electron chi connectivity index (χ3n) is 9.46. The average Bonchev–Trinajstić information content (AvgIpc) is 3.55. The molecule has 1 aromatic rings. The molecule has 3 atom stereocenters. The number of nitrogens with two attached hydrogens (primary N) is 1. The maximum absolute atomic E-state index is 13.5. The van der Waals surface area contributed by atoms with Crippen molar-refractivity contribution in [2.45, 2.75) is 79.0 Å². The van der Waals surface area contributed by atoms with E-state index in [4.69, 9.17) is 29.4 Å². The molecule has 1 heterocycles.